The van der Waals surface area contributed by atoms with Crippen LogP contribution in [0.5, 0.6) is 17.2 Å². The maximum atomic E-state index is 6.28. The molecule has 1 aliphatic heterocycles. The Bertz CT molecular complexity index is 1120. The second-order valence-corrected chi connectivity index (χ2v) is 9.03. The molecule has 0 saturated heterocycles. The van der Waals surface area contributed by atoms with Crippen LogP contribution in [0.15, 0.2) is 66.7 Å². The molecule has 3 aromatic rings. The van der Waals surface area contributed by atoms with Crippen molar-refractivity contribution in [2.45, 2.75) is 32.2 Å². The van der Waals surface area contributed by atoms with E-state index in [1.807, 2.05) is 18.2 Å². The first-order valence-electron chi connectivity index (χ1n) is 12.2. The van der Waals surface area contributed by atoms with Gasteiger partial charge < -0.3 is 24.4 Å². The Hall–Kier alpha value is -3.25. The maximum Gasteiger partial charge on any atom is 0.169 e. The zero-order chi connectivity index (χ0) is 24.6. The third-order valence-corrected chi connectivity index (χ3v) is 6.91. The predicted octanol–water partition coefficient (Wildman–Crippen LogP) is 5.36. The summed E-state index contributed by atoms with van der Waals surface area (Å²) < 4.78 is 17.5. The topological polar surface area (TPSA) is 43.0 Å². The van der Waals surface area contributed by atoms with Crippen molar-refractivity contribution in [3.8, 4) is 17.2 Å². The fraction of sp³-hybridized carbons (Fsp3) is 0.345. The van der Waals surface area contributed by atoms with E-state index >= 15 is 0 Å². The standard InChI is InChI=1S/C29H34N2O3S/c1-4-21-10-12-24(13-11-21)34-20-26-25-19-28(33-3)27(32-2)18-23(25)15-17-31(26)29(35)30-16-14-22-8-6-5-7-9-22/h5-13,18-19,26H,4,14-17,20H2,1-3H3,(H,30,35). The largest absolute Gasteiger partial charge is 0.493 e. The first-order valence-corrected chi connectivity index (χ1v) is 12.6. The highest BCUT2D eigenvalue weighted by atomic mass is 32.1. The molecular weight excluding hydrogens is 456 g/mol. The van der Waals surface area contributed by atoms with Gasteiger partial charge in [0, 0.05) is 13.1 Å². The number of ether oxygens (including phenoxy) is 3. The lowest BCUT2D eigenvalue weighted by atomic mass is 9.92. The van der Waals surface area contributed by atoms with Crippen molar-refractivity contribution in [3.63, 3.8) is 0 Å². The fourth-order valence-corrected chi connectivity index (χ4v) is 4.83. The number of aryl methyl sites for hydroxylation is 1. The number of thiocarbonyl (C=S) groups is 1. The molecule has 3 aromatic carbocycles. The van der Waals surface area contributed by atoms with Crippen LogP contribution in [-0.4, -0.2) is 43.9 Å². The predicted molar refractivity (Wildman–Crippen MR) is 145 cm³/mol. The summed E-state index contributed by atoms with van der Waals surface area (Å²) in [5.74, 6) is 2.32. The van der Waals surface area contributed by atoms with Crippen LogP contribution >= 0.6 is 12.2 Å². The lowest BCUT2D eigenvalue weighted by Crippen LogP contribution is -2.47. The molecule has 0 amide bonds. The average Bonchev–Trinajstić information content (AvgIpc) is 2.91. The van der Waals surface area contributed by atoms with Gasteiger partial charge in [0.25, 0.3) is 0 Å². The Balaban J connectivity index is 1.53. The normalized spacial score (nSPS) is 14.7. The van der Waals surface area contributed by atoms with Crippen LogP contribution in [0.4, 0.5) is 0 Å². The minimum absolute atomic E-state index is 0.0406. The monoisotopic (exact) mass is 490 g/mol. The summed E-state index contributed by atoms with van der Waals surface area (Å²) in [7, 11) is 3.34. The van der Waals surface area contributed by atoms with Gasteiger partial charge in [0.2, 0.25) is 0 Å². The summed E-state index contributed by atoms with van der Waals surface area (Å²) in [6, 6.07) is 22.9. The number of hydrogen-bond donors (Lipinski definition) is 1. The SMILES string of the molecule is CCc1ccc(OCC2c3cc(OC)c(OC)cc3CCN2C(=S)NCCc2ccccc2)cc1. The van der Waals surface area contributed by atoms with Gasteiger partial charge in [-0.15, -0.1) is 0 Å². The van der Waals surface area contributed by atoms with Gasteiger partial charge in [-0.3, -0.25) is 0 Å². The molecule has 0 spiro atoms. The zero-order valence-electron chi connectivity index (χ0n) is 20.8. The molecule has 35 heavy (non-hydrogen) atoms. The smallest absolute Gasteiger partial charge is 0.169 e. The maximum absolute atomic E-state index is 6.28. The number of benzene rings is 3. The summed E-state index contributed by atoms with van der Waals surface area (Å²) in [4.78, 5) is 2.25. The molecule has 4 rings (SSSR count). The van der Waals surface area contributed by atoms with Crippen molar-refractivity contribution in [1.82, 2.24) is 10.2 Å². The highest BCUT2D eigenvalue weighted by Crippen LogP contribution is 2.38. The molecule has 0 bridgehead atoms. The van der Waals surface area contributed by atoms with Gasteiger partial charge in [-0.25, -0.2) is 0 Å². The minimum Gasteiger partial charge on any atom is -0.493 e. The van der Waals surface area contributed by atoms with E-state index in [2.05, 4.69) is 65.7 Å². The van der Waals surface area contributed by atoms with Gasteiger partial charge in [0.15, 0.2) is 16.6 Å². The summed E-state index contributed by atoms with van der Waals surface area (Å²) in [5, 5.41) is 4.22. The number of rotatable bonds is 9. The van der Waals surface area contributed by atoms with Crippen molar-refractivity contribution in [3.05, 3.63) is 89.0 Å². The van der Waals surface area contributed by atoms with E-state index < -0.39 is 0 Å². The molecule has 1 unspecified atom stereocenters. The summed E-state index contributed by atoms with van der Waals surface area (Å²) in [6.07, 6.45) is 2.80. The van der Waals surface area contributed by atoms with Crippen LogP contribution < -0.4 is 19.5 Å². The molecule has 0 radical (unpaired) electrons. The lowest BCUT2D eigenvalue weighted by molar-refractivity contribution is 0.187. The van der Waals surface area contributed by atoms with Crippen molar-refractivity contribution < 1.29 is 14.2 Å². The van der Waals surface area contributed by atoms with E-state index in [0.29, 0.717) is 12.4 Å². The summed E-state index contributed by atoms with van der Waals surface area (Å²) in [6.45, 7) is 4.22. The minimum atomic E-state index is -0.0406. The third kappa shape index (κ3) is 6.06. The van der Waals surface area contributed by atoms with Crippen LogP contribution in [0.2, 0.25) is 0 Å². The lowest BCUT2D eigenvalue weighted by Gasteiger charge is -2.39. The Kier molecular flexibility index (Phi) is 8.48. The number of hydrogen-bond acceptors (Lipinski definition) is 4. The molecule has 184 valence electrons. The first kappa shape index (κ1) is 24.9. The number of fused-ring (bicyclic) bond motifs is 1. The van der Waals surface area contributed by atoms with Crippen LogP contribution in [0.3, 0.4) is 0 Å². The molecule has 1 aliphatic rings. The van der Waals surface area contributed by atoms with Crippen LogP contribution in [0, 0.1) is 0 Å². The molecule has 1 N–H and O–H groups in total. The Labute approximate surface area is 214 Å². The molecule has 0 aromatic heterocycles. The molecule has 6 heteroatoms. The molecule has 0 aliphatic carbocycles. The third-order valence-electron chi connectivity index (χ3n) is 6.54. The molecule has 0 saturated carbocycles. The summed E-state index contributed by atoms with van der Waals surface area (Å²) >= 11 is 5.87. The van der Waals surface area contributed by atoms with E-state index in [0.717, 1.165) is 54.5 Å². The van der Waals surface area contributed by atoms with Gasteiger partial charge >= 0.3 is 0 Å². The van der Waals surface area contributed by atoms with E-state index in [9.17, 15) is 0 Å². The zero-order valence-corrected chi connectivity index (χ0v) is 21.6. The Morgan fingerprint density at radius 1 is 0.971 bits per heavy atom. The number of nitrogens with one attached hydrogen (secondary N) is 1. The quantitative estimate of drug-likeness (QED) is 0.407. The Morgan fingerprint density at radius 2 is 1.69 bits per heavy atom. The van der Waals surface area contributed by atoms with Crippen molar-refractivity contribution in [1.29, 1.82) is 0 Å². The molecule has 1 atom stereocenters. The van der Waals surface area contributed by atoms with Gasteiger partial charge in [0.1, 0.15) is 12.4 Å². The molecular formula is C29H34N2O3S. The second kappa shape index (κ2) is 11.9. The highest BCUT2D eigenvalue weighted by molar-refractivity contribution is 7.80. The van der Waals surface area contributed by atoms with Crippen molar-refractivity contribution in [2.75, 3.05) is 33.9 Å². The average molecular weight is 491 g/mol. The molecule has 5 nitrogen and oxygen atoms in total. The molecule has 0 fully saturated rings. The van der Waals surface area contributed by atoms with Crippen LogP contribution in [-0.2, 0) is 19.3 Å². The van der Waals surface area contributed by atoms with Gasteiger partial charge in [-0.1, -0.05) is 49.4 Å². The van der Waals surface area contributed by atoms with E-state index in [1.165, 1.54) is 16.7 Å². The Morgan fingerprint density at radius 3 is 2.37 bits per heavy atom. The summed E-state index contributed by atoms with van der Waals surface area (Å²) in [5.41, 5.74) is 4.98. The van der Waals surface area contributed by atoms with Gasteiger partial charge in [-0.05, 0) is 78.0 Å². The van der Waals surface area contributed by atoms with E-state index in [4.69, 9.17) is 26.4 Å². The molecule has 1 heterocycles. The van der Waals surface area contributed by atoms with Gasteiger partial charge in [0.05, 0.1) is 20.3 Å². The van der Waals surface area contributed by atoms with E-state index in [-0.39, 0.29) is 6.04 Å². The second-order valence-electron chi connectivity index (χ2n) is 8.64. The fourth-order valence-electron chi connectivity index (χ4n) is 4.51. The highest BCUT2D eigenvalue weighted by Gasteiger charge is 2.31. The van der Waals surface area contributed by atoms with E-state index in [1.54, 1.807) is 14.2 Å². The van der Waals surface area contributed by atoms with Crippen molar-refractivity contribution >= 4 is 17.3 Å². The number of methoxy groups -OCH3 is 2. The first-order chi connectivity index (χ1) is 17.1. The van der Waals surface area contributed by atoms with Crippen molar-refractivity contribution in [2.24, 2.45) is 0 Å². The van der Waals surface area contributed by atoms with Gasteiger partial charge in [-0.2, -0.15) is 0 Å². The van der Waals surface area contributed by atoms with Crippen LogP contribution in [0.25, 0.3) is 0 Å². The van der Waals surface area contributed by atoms with Crippen LogP contribution in [0.1, 0.15) is 35.2 Å². The number of nitrogens with zero attached hydrogens (tertiary/aromatic N) is 1.